The van der Waals surface area contributed by atoms with E-state index in [-0.39, 0.29) is 5.56 Å². The molecule has 8 heteroatoms. The van der Waals surface area contributed by atoms with Crippen molar-refractivity contribution < 1.29 is 13.2 Å². The minimum Gasteiger partial charge on any atom is -0.361 e. The molecular weight excluding hydrogens is 357 g/mol. The van der Waals surface area contributed by atoms with Crippen molar-refractivity contribution in [3.63, 3.8) is 0 Å². The molecule has 1 atom stereocenters. The highest BCUT2D eigenvalue weighted by Crippen LogP contribution is 2.32. The van der Waals surface area contributed by atoms with Gasteiger partial charge in [0.25, 0.3) is 5.56 Å². The van der Waals surface area contributed by atoms with Crippen molar-refractivity contribution in [3.8, 4) is 0 Å². The molecule has 2 heterocycles. The molecule has 1 N–H and O–H groups in total. The Balaban J connectivity index is 2.02. The summed E-state index contributed by atoms with van der Waals surface area (Å²) in [5.41, 5.74) is 0.248. The highest BCUT2D eigenvalue weighted by Gasteiger charge is 2.30. The van der Waals surface area contributed by atoms with Gasteiger partial charge in [0.15, 0.2) is 5.82 Å². The number of hydrogen-bond acceptors (Lipinski definition) is 4. The quantitative estimate of drug-likeness (QED) is 0.737. The van der Waals surface area contributed by atoms with Crippen molar-refractivity contribution in [1.82, 2.24) is 14.8 Å². The summed E-state index contributed by atoms with van der Waals surface area (Å²) in [5.74, 6) is 0.419. The molecule has 0 bridgehead atoms. The van der Waals surface area contributed by atoms with E-state index in [0.29, 0.717) is 34.4 Å². The highest BCUT2D eigenvalue weighted by molar-refractivity contribution is 5.92. The number of nitrogens with one attached hydrogen (secondary N) is 1. The second-order valence-corrected chi connectivity index (χ2v) is 6.35. The van der Waals surface area contributed by atoms with Crippen LogP contribution in [0.1, 0.15) is 36.7 Å². The summed E-state index contributed by atoms with van der Waals surface area (Å²) in [6.45, 7) is 5.86. The fraction of sp³-hybridized carbons (Fsp3) is 0.316. The molecule has 0 unspecified atom stereocenters. The van der Waals surface area contributed by atoms with Gasteiger partial charge in [-0.1, -0.05) is 12.1 Å². The van der Waals surface area contributed by atoms with Crippen molar-refractivity contribution >= 4 is 16.6 Å². The number of fused-ring (bicyclic) bond motifs is 1. The molecule has 0 fully saturated rings. The van der Waals surface area contributed by atoms with Crippen molar-refractivity contribution in [2.45, 2.75) is 39.5 Å². The van der Waals surface area contributed by atoms with Gasteiger partial charge in [-0.3, -0.25) is 4.79 Å². The van der Waals surface area contributed by atoms with Gasteiger partial charge in [-0.25, -0.2) is 0 Å². The SMILES string of the molecule is CCn1cc2c(N[C@H](C)c3cccc(C(F)(F)F)c3)nnc(C)c2cc1=O. The van der Waals surface area contributed by atoms with Crippen molar-refractivity contribution in [3.05, 3.63) is 63.7 Å². The van der Waals surface area contributed by atoms with Gasteiger partial charge < -0.3 is 9.88 Å². The van der Waals surface area contributed by atoms with Crippen LogP contribution >= 0.6 is 0 Å². The molecule has 5 nitrogen and oxygen atoms in total. The van der Waals surface area contributed by atoms with Crippen molar-refractivity contribution in [2.75, 3.05) is 5.32 Å². The van der Waals surface area contributed by atoms with E-state index in [2.05, 4.69) is 15.5 Å². The molecule has 0 spiro atoms. The molecular formula is C19H19F3N4O. The van der Waals surface area contributed by atoms with Gasteiger partial charge in [-0.15, -0.1) is 5.10 Å². The Morgan fingerprint density at radius 1 is 1.19 bits per heavy atom. The summed E-state index contributed by atoms with van der Waals surface area (Å²) in [6, 6.07) is 6.22. The molecule has 0 aliphatic heterocycles. The van der Waals surface area contributed by atoms with Crippen molar-refractivity contribution in [2.24, 2.45) is 0 Å². The molecule has 1 aromatic carbocycles. The van der Waals surface area contributed by atoms with E-state index in [1.807, 2.05) is 6.92 Å². The maximum absolute atomic E-state index is 13.0. The summed E-state index contributed by atoms with van der Waals surface area (Å²) < 4.78 is 40.4. The number of hydrogen-bond donors (Lipinski definition) is 1. The van der Waals surface area contributed by atoms with Crippen LogP contribution in [0.15, 0.2) is 41.3 Å². The van der Waals surface area contributed by atoms with Crippen LogP contribution in [0.4, 0.5) is 19.0 Å². The Kier molecular flexibility index (Phi) is 4.91. The predicted octanol–water partition coefficient (Wildman–Crippen LogP) is 4.31. The van der Waals surface area contributed by atoms with E-state index in [4.69, 9.17) is 0 Å². The molecule has 0 aliphatic rings. The van der Waals surface area contributed by atoms with E-state index >= 15 is 0 Å². The molecule has 0 aliphatic carbocycles. The fourth-order valence-corrected chi connectivity index (χ4v) is 2.92. The van der Waals surface area contributed by atoms with Gasteiger partial charge in [0.2, 0.25) is 0 Å². The lowest BCUT2D eigenvalue weighted by atomic mass is 10.0. The number of pyridine rings is 1. The summed E-state index contributed by atoms with van der Waals surface area (Å²) in [6.07, 6.45) is -2.70. The highest BCUT2D eigenvalue weighted by atomic mass is 19.4. The van der Waals surface area contributed by atoms with Crippen molar-refractivity contribution in [1.29, 1.82) is 0 Å². The molecule has 3 rings (SSSR count). The van der Waals surface area contributed by atoms with Crippen LogP contribution in [-0.2, 0) is 12.7 Å². The monoisotopic (exact) mass is 376 g/mol. The van der Waals surface area contributed by atoms with Crippen LogP contribution in [-0.4, -0.2) is 14.8 Å². The molecule has 0 radical (unpaired) electrons. The first kappa shape index (κ1) is 18.9. The molecule has 0 saturated carbocycles. The van der Waals surface area contributed by atoms with E-state index in [1.165, 1.54) is 12.1 Å². The fourth-order valence-electron chi connectivity index (χ4n) is 2.92. The Labute approximate surface area is 153 Å². The lowest BCUT2D eigenvalue weighted by Gasteiger charge is -2.18. The smallest absolute Gasteiger partial charge is 0.361 e. The maximum atomic E-state index is 13.0. The van der Waals surface area contributed by atoms with Crippen LogP contribution in [0.25, 0.3) is 10.8 Å². The average molecular weight is 376 g/mol. The minimum absolute atomic E-state index is 0.141. The third kappa shape index (κ3) is 3.79. The van der Waals surface area contributed by atoms with Crippen LogP contribution in [0.2, 0.25) is 0 Å². The first-order valence-electron chi connectivity index (χ1n) is 8.52. The van der Waals surface area contributed by atoms with Gasteiger partial charge in [0.1, 0.15) is 0 Å². The number of halogens is 3. The summed E-state index contributed by atoms with van der Waals surface area (Å²) >= 11 is 0. The van der Waals surface area contributed by atoms with Crippen LogP contribution in [0.5, 0.6) is 0 Å². The van der Waals surface area contributed by atoms with Gasteiger partial charge in [0.05, 0.1) is 17.3 Å². The van der Waals surface area contributed by atoms with E-state index < -0.39 is 17.8 Å². The van der Waals surface area contributed by atoms with Gasteiger partial charge >= 0.3 is 6.18 Å². The van der Waals surface area contributed by atoms with Gasteiger partial charge in [-0.05, 0) is 38.5 Å². The molecule has 3 aromatic rings. The Bertz CT molecular complexity index is 1040. The topological polar surface area (TPSA) is 59.8 Å². The summed E-state index contributed by atoms with van der Waals surface area (Å²) in [7, 11) is 0. The molecule has 0 amide bonds. The molecule has 0 saturated heterocycles. The largest absolute Gasteiger partial charge is 0.416 e. The zero-order valence-electron chi connectivity index (χ0n) is 15.1. The zero-order chi connectivity index (χ0) is 19.8. The van der Waals surface area contributed by atoms with Crippen LogP contribution in [0, 0.1) is 6.92 Å². The number of anilines is 1. The summed E-state index contributed by atoms with van der Waals surface area (Å²) in [5, 5.41) is 12.7. The first-order valence-corrected chi connectivity index (χ1v) is 8.52. The summed E-state index contributed by atoms with van der Waals surface area (Å²) in [4.78, 5) is 12.1. The standard InChI is InChI=1S/C19H19F3N4O/c1-4-26-10-16-15(9-17(26)27)12(3)24-25-18(16)23-11(2)13-6-5-7-14(8-13)19(20,21)22/h5-11H,4H2,1-3H3,(H,23,25)/t11-/m1/s1. The van der Waals surface area contributed by atoms with Crippen LogP contribution in [0.3, 0.4) is 0 Å². The number of aryl methyl sites for hydroxylation is 2. The molecule has 142 valence electrons. The van der Waals surface area contributed by atoms with E-state index in [0.717, 1.165) is 12.1 Å². The third-order valence-corrected chi connectivity index (χ3v) is 4.48. The average Bonchev–Trinajstić information content (AvgIpc) is 2.63. The second-order valence-electron chi connectivity index (χ2n) is 6.35. The van der Waals surface area contributed by atoms with Gasteiger partial charge in [0, 0.05) is 29.6 Å². The maximum Gasteiger partial charge on any atom is 0.416 e. The number of aromatic nitrogens is 3. The van der Waals surface area contributed by atoms with Gasteiger partial charge in [-0.2, -0.15) is 18.3 Å². The predicted molar refractivity (Wildman–Crippen MR) is 97.7 cm³/mol. The Hall–Kier alpha value is -2.90. The zero-order valence-corrected chi connectivity index (χ0v) is 15.1. The number of benzene rings is 1. The molecule has 27 heavy (non-hydrogen) atoms. The Morgan fingerprint density at radius 3 is 2.59 bits per heavy atom. The molecule has 2 aromatic heterocycles. The van der Waals surface area contributed by atoms with E-state index in [1.54, 1.807) is 30.7 Å². The van der Waals surface area contributed by atoms with E-state index in [9.17, 15) is 18.0 Å². The van der Waals surface area contributed by atoms with Crippen LogP contribution < -0.4 is 10.9 Å². The number of nitrogens with zero attached hydrogens (tertiary/aromatic N) is 3. The third-order valence-electron chi connectivity index (χ3n) is 4.48. The first-order chi connectivity index (χ1) is 12.7. The Morgan fingerprint density at radius 2 is 1.93 bits per heavy atom. The minimum atomic E-state index is -4.40. The lowest BCUT2D eigenvalue weighted by Crippen LogP contribution is -2.18. The lowest BCUT2D eigenvalue weighted by molar-refractivity contribution is -0.137. The number of rotatable bonds is 4. The second kappa shape index (κ2) is 7.02. The number of alkyl halides is 3. The normalized spacial score (nSPS) is 13.0.